The van der Waals surface area contributed by atoms with E-state index in [1.807, 2.05) is 31.3 Å². The standard InChI is InChI=1S/C17H18FNO/c1-11-6-7-13(10-15(11)18)16(19-2)14-5-3-4-12-8-9-20-17(12)14/h3-7,10,16,19H,8-9H2,1-2H3. The maximum Gasteiger partial charge on any atom is 0.127 e. The van der Waals surface area contributed by atoms with Crippen molar-refractivity contribution in [3.05, 3.63) is 64.5 Å². The van der Waals surface area contributed by atoms with Crippen LogP contribution in [0.5, 0.6) is 5.75 Å². The van der Waals surface area contributed by atoms with Crippen molar-refractivity contribution in [2.24, 2.45) is 0 Å². The largest absolute Gasteiger partial charge is 0.493 e. The number of para-hydroxylation sites is 1. The van der Waals surface area contributed by atoms with E-state index in [4.69, 9.17) is 4.74 Å². The predicted octanol–water partition coefficient (Wildman–Crippen LogP) is 3.38. The van der Waals surface area contributed by atoms with Crippen LogP contribution in [0.2, 0.25) is 0 Å². The summed E-state index contributed by atoms with van der Waals surface area (Å²) in [6.07, 6.45) is 0.946. The van der Waals surface area contributed by atoms with Crippen molar-refractivity contribution in [1.82, 2.24) is 5.32 Å². The summed E-state index contributed by atoms with van der Waals surface area (Å²) in [5.74, 6) is 0.782. The molecule has 0 aromatic heterocycles. The predicted molar refractivity (Wildman–Crippen MR) is 77.7 cm³/mol. The Hall–Kier alpha value is -1.87. The van der Waals surface area contributed by atoms with Gasteiger partial charge in [-0.05, 0) is 36.7 Å². The SMILES string of the molecule is CNC(c1ccc(C)c(F)c1)c1cccc2c1OCC2. The van der Waals surface area contributed by atoms with Gasteiger partial charge in [-0.1, -0.05) is 30.3 Å². The van der Waals surface area contributed by atoms with Crippen LogP contribution in [-0.2, 0) is 6.42 Å². The van der Waals surface area contributed by atoms with Crippen LogP contribution < -0.4 is 10.1 Å². The van der Waals surface area contributed by atoms with Gasteiger partial charge in [-0.25, -0.2) is 4.39 Å². The maximum absolute atomic E-state index is 13.8. The number of aryl methyl sites for hydroxylation is 1. The molecule has 1 heterocycles. The molecule has 2 aromatic carbocycles. The summed E-state index contributed by atoms with van der Waals surface area (Å²) in [5, 5.41) is 3.26. The first-order valence-corrected chi connectivity index (χ1v) is 6.88. The van der Waals surface area contributed by atoms with E-state index >= 15 is 0 Å². The Kier molecular flexibility index (Phi) is 3.45. The molecule has 2 aromatic rings. The number of fused-ring (bicyclic) bond motifs is 1. The van der Waals surface area contributed by atoms with Gasteiger partial charge < -0.3 is 10.1 Å². The van der Waals surface area contributed by atoms with Crippen LogP contribution in [-0.4, -0.2) is 13.7 Å². The molecule has 1 aliphatic heterocycles. The fourth-order valence-electron chi connectivity index (χ4n) is 2.76. The summed E-state index contributed by atoms with van der Waals surface area (Å²) in [4.78, 5) is 0. The Morgan fingerprint density at radius 2 is 2.10 bits per heavy atom. The Bertz CT molecular complexity index is 639. The fourth-order valence-corrected chi connectivity index (χ4v) is 2.76. The number of nitrogens with one attached hydrogen (secondary N) is 1. The van der Waals surface area contributed by atoms with Crippen molar-refractivity contribution in [2.45, 2.75) is 19.4 Å². The zero-order chi connectivity index (χ0) is 14.1. The molecule has 1 atom stereocenters. The summed E-state index contributed by atoms with van der Waals surface area (Å²) in [7, 11) is 1.89. The van der Waals surface area contributed by atoms with Gasteiger partial charge in [0.1, 0.15) is 11.6 Å². The topological polar surface area (TPSA) is 21.3 Å². The molecule has 3 heteroatoms. The fraction of sp³-hybridized carbons (Fsp3) is 0.294. The van der Waals surface area contributed by atoms with Gasteiger partial charge in [0.25, 0.3) is 0 Å². The third-order valence-corrected chi connectivity index (χ3v) is 3.87. The molecule has 2 nitrogen and oxygen atoms in total. The lowest BCUT2D eigenvalue weighted by atomic mass is 9.95. The minimum absolute atomic E-state index is 0.0573. The highest BCUT2D eigenvalue weighted by atomic mass is 19.1. The average Bonchev–Trinajstić information content (AvgIpc) is 2.93. The van der Waals surface area contributed by atoms with E-state index in [2.05, 4.69) is 11.4 Å². The highest BCUT2D eigenvalue weighted by molar-refractivity contribution is 5.48. The molecule has 20 heavy (non-hydrogen) atoms. The van der Waals surface area contributed by atoms with E-state index in [1.54, 1.807) is 13.0 Å². The zero-order valence-electron chi connectivity index (χ0n) is 11.7. The molecule has 0 radical (unpaired) electrons. The van der Waals surface area contributed by atoms with Gasteiger partial charge in [0.05, 0.1) is 12.6 Å². The van der Waals surface area contributed by atoms with Crippen molar-refractivity contribution in [1.29, 1.82) is 0 Å². The van der Waals surface area contributed by atoms with Crippen molar-refractivity contribution in [3.8, 4) is 5.75 Å². The Balaban J connectivity index is 2.06. The van der Waals surface area contributed by atoms with Crippen LogP contribution in [0.3, 0.4) is 0 Å². The summed E-state index contributed by atoms with van der Waals surface area (Å²) in [5.41, 5.74) is 3.89. The van der Waals surface area contributed by atoms with Crippen molar-refractivity contribution >= 4 is 0 Å². The minimum Gasteiger partial charge on any atom is -0.493 e. The Morgan fingerprint density at radius 1 is 1.25 bits per heavy atom. The molecular formula is C17H18FNO. The first kappa shape index (κ1) is 13.1. The number of rotatable bonds is 3. The summed E-state index contributed by atoms with van der Waals surface area (Å²) >= 11 is 0. The summed E-state index contributed by atoms with van der Waals surface area (Å²) in [6, 6.07) is 11.5. The lowest BCUT2D eigenvalue weighted by Gasteiger charge is -2.20. The van der Waals surface area contributed by atoms with Gasteiger partial charge in [0, 0.05) is 12.0 Å². The van der Waals surface area contributed by atoms with E-state index in [-0.39, 0.29) is 11.9 Å². The molecule has 0 saturated carbocycles. The highest BCUT2D eigenvalue weighted by Gasteiger charge is 2.22. The molecule has 0 amide bonds. The molecule has 0 spiro atoms. The summed E-state index contributed by atoms with van der Waals surface area (Å²) in [6.45, 7) is 2.50. The van der Waals surface area contributed by atoms with Gasteiger partial charge in [-0.15, -0.1) is 0 Å². The Labute approximate surface area is 118 Å². The van der Waals surface area contributed by atoms with Gasteiger partial charge in [-0.2, -0.15) is 0 Å². The second-order valence-corrected chi connectivity index (χ2v) is 5.16. The maximum atomic E-state index is 13.8. The van der Waals surface area contributed by atoms with Crippen LogP contribution in [0.1, 0.15) is 28.3 Å². The molecule has 1 aliphatic rings. The summed E-state index contributed by atoms with van der Waals surface area (Å²) < 4.78 is 19.6. The number of hydrogen-bond acceptors (Lipinski definition) is 2. The molecule has 3 rings (SSSR count). The first-order chi connectivity index (χ1) is 9.70. The number of hydrogen-bond donors (Lipinski definition) is 1. The third-order valence-electron chi connectivity index (χ3n) is 3.87. The lowest BCUT2D eigenvalue weighted by Crippen LogP contribution is -2.18. The second kappa shape index (κ2) is 5.25. The molecule has 104 valence electrons. The van der Waals surface area contributed by atoms with Gasteiger partial charge in [0.15, 0.2) is 0 Å². The highest BCUT2D eigenvalue weighted by Crippen LogP contribution is 2.36. The minimum atomic E-state index is -0.170. The number of halogens is 1. The van der Waals surface area contributed by atoms with Crippen LogP contribution in [0.4, 0.5) is 4.39 Å². The molecule has 0 fully saturated rings. The second-order valence-electron chi connectivity index (χ2n) is 5.16. The van der Waals surface area contributed by atoms with Crippen LogP contribution >= 0.6 is 0 Å². The van der Waals surface area contributed by atoms with Crippen LogP contribution in [0.15, 0.2) is 36.4 Å². The molecule has 0 saturated heterocycles. The quantitative estimate of drug-likeness (QED) is 0.924. The van der Waals surface area contributed by atoms with Crippen LogP contribution in [0.25, 0.3) is 0 Å². The van der Waals surface area contributed by atoms with Gasteiger partial charge in [0.2, 0.25) is 0 Å². The molecule has 1 unspecified atom stereocenters. The van der Waals surface area contributed by atoms with Crippen LogP contribution in [0, 0.1) is 12.7 Å². The zero-order valence-corrected chi connectivity index (χ0v) is 11.7. The molecule has 0 aliphatic carbocycles. The molecular weight excluding hydrogens is 253 g/mol. The third kappa shape index (κ3) is 2.18. The van der Waals surface area contributed by atoms with E-state index in [1.165, 1.54) is 5.56 Å². The van der Waals surface area contributed by atoms with Gasteiger partial charge >= 0.3 is 0 Å². The molecule has 1 N–H and O–H groups in total. The number of benzene rings is 2. The van der Waals surface area contributed by atoms with E-state index in [0.29, 0.717) is 5.56 Å². The molecule has 0 bridgehead atoms. The number of ether oxygens (including phenoxy) is 1. The van der Waals surface area contributed by atoms with E-state index < -0.39 is 0 Å². The first-order valence-electron chi connectivity index (χ1n) is 6.88. The van der Waals surface area contributed by atoms with Gasteiger partial charge in [-0.3, -0.25) is 0 Å². The lowest BCUT2D eigenvalue weighted by molar-refractivity contribution is 0.351. The Morgan fingerprint density at radius 3 is 2.85 bits per heavy atom. The van der Waals surface area contributed by atoms with Crippen molar-refractivity contribution < 1.29 is 9.13 Å². The van der Waals surface area contributed by atoms with Crippen molar-refractivity contribution in [2.75, 3.05) is 13.7 Å². The smallest absolute Gasteiger partial charge is 0.127 e. The van der Waals surface area contributed by atoms with Crippen molar-refractivity contribution in [3.63, 3.8) is 0 Å². The normalized spacial score (nSPS) is 14.8. The monoisotopic (exact) mass is 271 g/mol. The van der Waals surface area contributed by atoms with E-state index in [0.717, 1.165) is 29.9 Å². The average molecular weight is 271 g/mol. The van der Waals surface area contributed by atoms with E-state index in [9.17, 15) is 4.39 Å².